The molecule has 1 aliphatic rings. The molecule has 126 valence electrons. The summed E-state index contributed by atoms with van der Waals surface area (Å²) in [6, 6.07) is 11.1. The molecule has 0 spiro atoms. The van der Waals surface area contributed by atoms with E-state index in [1.807, 2.05) is 31.2 Å². The topological polar surface area (TPSA) is 94.9 Å². The fourth-order valence-electron chi connectivity index (χ4n) is 2.95. The van der Waals surface area contributed by atoms with Crippen LogP contribution in [0.1, 0.15) is 59.1 Å². The summed E-state index contributed by atoms with van der Waals surface area (Å²) in [7, 11) is 0. The Morgan fingerprint density at radius 2 is 2.08 bits per heavy atom. The summed E-state index contributed by atoms with van der Waals surface area (Å²) in [5.74, 6) is 0.851. The van der Waals surface area contributed by atoms with E-state index in [0.717, 1.165) is 16.8 Å². The van der Waals surface area contributed by atoms with Gasteiger partial charge >= 0.3 is 0 Å². The van der Waals surface area contributed by atoms with Gasteiger partial charge in [-0.1, -0.05) is 23.4 Å². The van der Waals surface area contributed by atoms with Crippen LogP contribution in [0.25, 0.3) is 11.4 Å². The molecule has 1 atom stereocenters. The lowest BCUT2D eigenvalue weighted by Gasteiger charge is -2.10. The van der Waals surface area contributed by atoms with E-state index < -0.39 is 5.91 Å². The summed E-state index contributed by atoms with van der Waals surface area (Å²) in [5.41, 5.74) is 8.68. The number of aromatic nitrogens is 3. The molecule has 0 bridgehead atoms. The third-order valence-corrected chi connectivity index (χ3v) is 4.54. The predicted octanol–water partition coefficient (Wildman–Crippen LogP) is 3.26. The summed E-state index contributed by atoms with van der Waals surface area (Å²) in [4.78, 5) is 20.6. The number of primary amides is 1. The molecule has 1 saturated carbocycles. The molecule has 4 rings (SSSR count). The van der Waals surface area contributed by atoms with Crippen molar-refractivity contribution in [3.8, 4) is 11.4 Å². The highest BCUT2D eigenvalue weighted by molar-refractivity contribution is 5.94. The van der Waals surface area contributed by atoms with Crippen LogP contribution in [0.5, 0.6) is 0 Å². The van der Waals surface area contributed by atoms with Gasteiger partial charge in [-0.25, -0.2) is 0 Å². The maximum Gasteiger partial charge on any atom is 0.249 e. The Kier molecular flexibility index (Phi) is 3.80. The molecule has 1 aromatic carbocycles. The molecule has 2 aromatic heterocycles. The molecule has 1 amide bonds. The SMILES string of the molecule is CC(c1nc(-c2ccnc(C3CC3)c2)no1)c1ccccc1C(N)=O. The van der Waals surface area contributed by atoms with Gasteiger partial charge in [0.05, 0.1) is 5.92 Å². The monoisotopic (exact) mass is 334 g/mol. The second-order valence-corrected chi connectivity index (χ2v) is 6.37. The minimum Gasteiger partial charge on any atom is -0.366 e. The second-order valence-electron chi connectivity index (χ2n) is 6.37. The van der Waals surface area contributed by atoms with Crippen LogP contribution in [0.3, 0.4) is 0 Å². The average Bonchev–Trinajstić information content (AvgIpc) is 3.38. The van der Waals surface area contributed by atoms with Crippen LogP contribution < -0.4 is 5.73 Å². The number of nitrogens with zero attached hydrogens (tertiary/aromatic N) is 3. The van der Waals surface area contributed by atoms with Crippen LogP contribution in [-0.2, 0) is 0 Å². The van der Waals surface area contributed by atoms with Crippen molar-refractivity contribution in [2.24, 2.45) is 5.73 Å². The van der Waals surface area contributed by atoms with E-state index in [-0.39, 0.29) is 5.92 Å². The molecular weight excluding hydrogens is 316 g/mol. The van der Waals surface area contributed by atoms with Gasteiger partial charge in [-0.05, 0) is 43.5 Å². The molecule has 0 radical (unpaired) electrons. The van der Waals surface area contributed by atoms with Crippen LogP contribution in [-0.4, -0.2) is 21.0 Å². The molecule has 6 heteroatoms. The highest BCUT2D eigenvalue weighted by Gasteiger charge is 2.26. The summed E-state index contributed by atoms with van der Waals surface area (Å²) >= 11 is 0. The largest absolute Gasteiger partial charge is 0.366 e. The highest BCUT2D eigenvalue weighted by Crippen LogP contribution is 2.39. The number of rotatable bonds is 5. The van der Waals surface area contributed by atoms with Crippen LogP contribution >= 0.6 is 0 Å². The lowest BCUT2D eigenvalue weighted by atomic mass is 9.95. The quantitative estimate of drug-likeness (QED) is 0.772. The van der Waals surface area contributed by atoms with Crippen molar-refractivity contribution in [3.63, 3.8) is 0 Å². The molecule has 25 heavy (non-hydrogen) atoms. The van der Waals surface area contributed by atoms with E-state index in [4.69, 9.17) is 10.3 Å². The number of benzene rings is 1. The van der Waals surface area contributed by atoms with Gasteiger partial charge in [0.1, 0.15) is 0 Å². The molecule has 6 nitrogen and oxygen atoms in total. The Balaban J connectivity index is 1.65. The molecular formula is C19H18N4O2. The zero-order chi connectivity index (χ0) is 17.4. The lowest BCUT2D eigenvalue weighted by molar-refractivity contribution is 0.0999. The first-order chi connectivity index (χ1) is 12.1. The van der Waals surface area contributed by atoms with E-state index in [9.17, 15) is 4.79 Å². The number of hydrogen-bond acceptors (Lipinski definition) is 5. The number of carbonyl (C=O) groups is 1. The molecule has 1 aliphatic carbocycles. The van der Waals surface area contributed by atoms with Gasteiger partial charge in [0, 0.05) is 28.9 Å². The van der Waals surface area contributed by atoms with Crippen molar-refractivity contribution in [1.29, 1.82) is 0 Å². The minimum atomic E-state index is -0.467. The molecule has 2 N–H and O–H groups in total. The van der Waals surface area contributed by atoms with E-state index in [0.29, 0.717) is 23.2 Å². The summed E-state index contributed by atoms with van der Waals surface area (Å²) in [6.45, 7) is 1.92. The molecule has 2 heterocycles. The summed E-state index contributed by atoms with van der Waals surface area (Å²) in [5, 5.41) is 4.10. The molecule has 0 aliphatic heterocycles. The molecule has 3 aromatic rings. The van der Waals surface area contributed by atoms with Gasteiger partial charge in [0.15, 0.2) is 0 Å². The van der Waals surface area contributed by atoms with Crippen molar-refractivity contribution < 1.29 is 9.32 Å². The third kappa shape index (κ3) is 3.03. The van der Waals surface area contributed by atoms with Gasteiger partial charge in [0.25, 0.3) is 0 Å². The maximum atomic E-state index is 11.6. The Labute approximate surface area is 145 Å². The van der Waals surface area contributed by atoms with Crippen LogP contribution in [0, 0.1) is 0 Å². The zero-order valence-electron chi connectivity index (χ0n) is 13.8. The maximum absolute atomic E-state index is 11.6. The number of nitrogens with two attached hydrogens (primary N) is 1. The molecule has 0 saturated heterocycles. The lowest BCUT2D eigenvalue weighted by Crippen LogP contribution is -2.15. The third-order valence-electron chi connectivity index (χ3n) is 4.54. The van der Waals surface area contributed by atoms with Crippen LogP contribution in [0.15, 0.2) is 47.1 Å². The first kappa shape index (κ1) is 15.5. The first-order valence-electron chi connectivity index (χ1n) is 8.32. The zero-order valence-corrected chi connectivity index (χ0v) is 13.8. The van der Waals surface area contributed by atoms with E-state index in [1.54, 1.807) is 18.3 Å². The van der Waals surface area contributed by atoms with E-state index in [1.165, 1.54) is 12.8 Å². The Bertz CT molecular complexity index is 930. The number of hydrogen-bond donors (Lipinski definition) is 1. The predicted molar refractivity (Wildman–Crippen MR) is 92.0 cm³/mol. The number of pyridine rings is 1. The van der Waals surface area contributed by atoms with Gasteiger partial charge in [-0.15, -0.1) is 0 Å². The second kappa shape index (κ2) is 6.12. The smallest absolute Gasteiger partial charge is 0.249 e. The van der Waals surface area contributed by atoms with Crippen LogP contribution in [0.2, 0.25) is 0 Å². The summed E-state index contributed by atoms with van der Waals surface area (Å²) in [6.07, 6.45) is 4.16. The standard InChI is InChI=1S/C19H18N4O2/c1-11(14-4-2-3-5-15(14)17(20)24)19-22-18(23-25-19)13-8-9-21-16(10-13)12-6-7-12/h2-5,8-12H,6-7H2,1H3,(H2,20,24). The van der Waals surface area contributed by atoms with E-state index in [2.05, 4.69) is 15.1 Å². The molecule has 1 unspecified atom stereocenters. The van der Waals surface area contributed by atoms with Gasteiger partial charge in [-0.3, -0.25) is 9.78 Å². The van der Waals surface area contributed by atoms with Crippen molar-refractivity contribution in [2.75, 3.05) is 0 Å². The fraction of sp³-hybridized carbons (Fsp3) is 0.263. The van der Waals surface area contributed by atoms with Gasteiger partial charge in [-0.2, -0.15) is 4.98 Å². The van der Waals surface area contributed by atoms with Gasteiger partial charge in [0.2, 0.25) is 17.6 Å². The Morgan fingerprint density at radius 3 is 2.84 bits per heavy atom. The average molecular weight is 334 g/mol. The van der Waals surface area contributed by atoms with Crippen LogP contribution in [0.4, 0.5) is 0 Å². The van der Waals surface area contributed by atoms with Crippen molar-refractivity contribution in [2.45, 2.75) is 31.6 Å². The Morgan fingerprint density at radius 1 is 1.28 bits per heavy atom. The Hall–Kier alpha value is -3.02. The fourth-order valence-corrected chi connectivity index (χ4v) is 2.95. The normalized spacial score (nSPS) is 15.1. The summed E-state index contributed by atoms with van der Waals surface area (Å²) < 4.78 is 5.45. The minimum absolute atomic E-state index is 0.227. The number of carbonyl (C=O) groups excluding carboxylic acids is 1. The highest BCUT2D eigenvalue weighted by atomic mass is 16.5. The van der Waals surface area contributed by atoms with Crippen molar-refractivity contribution >= 4 is 5.91 Å². The number of amides is 1. The van der Waals surface area contributed by atoms with Crippen molar-refractivity contribution in [1.82, 2.24) is 15.1 Å². The van der Waals surface area contributed by atoms with Crippen molar-refractivity contribution in [3.05, 3.63) is 65.3 Å². The molecule has 1 fully saturated rings. The first-order valence-corrected chi connectivity index (χ1v) is 8.32. The van der Waals surface area contributed by atoms with Gasteiger partial charge < -0.3 is 10.3 Å². The van der Waals surface area contributed by atoms with E-state index >= 15 is 0 Å².